The molecule has 9 rings (SSSR count). The summed E-state index contributed by atoms with van der Waals surface area (Å²) in [5.41, 5.74) is 11.9. The molecule has 8 aromatic carbocycles. The summed E-state index contributed by atoms with van der Waals surface area (Å²) in [4.78, 5) is 2.36. The lowest BCUT2D eigenvalue weighted by Crippen LogP contribution is -2.11. The summed E-state index contributed by atoms with van der Waals surface area (Å²) in [6, 6.07) is 66.9. The van der Waals surface area contributed by atoms with Crippen molar-refractivity contribution in [3.63, 3.8) is 0 Å². The molecule has 0 N–H and O–H groups in total. The van der Waals surface area contributed by atoms with Crippen LogP contribution in [0, 0.1) is 0 Å². The highest BCUT2D eigenvalue weighted by Crippen LogP contribution is 2.46. The Morgan fingerprint density at radius 1 is 0.354 bits per heavy atom. The van der Waals surface area contributed by atoms with E-state index in [0.717, 1.165) is 55.7 Å². The van der Waals surface area contributed by atoms with E-state index in [1.807, 2.05) is 12.1 Å². The van der Waals surface area contributed by atoms with Crippen molar-refractivity contribution in [1.82, 2.24) is 0 Å². The minimum absolute atomic E-state index is 0.864. The van der Waals surface area contributed by atoms with Gasteiger partial charge in [-0.1, -0.05) is 152 Å². The minimum atomic E-state index is 0.864. The molecule has 0 saturated heterocycles. The molecule has 0 saturated carbocycles. The standard InChI is InChI=1S/C46H31NO/c1-2-14-32(15-3-1)34-18-11-21-37(31-34)47(44-28-13-26-42-41-24-7-9-29-45(41)48-46(42)44)43-27-8-6-23-40(43)36-20-10-19-35(30-36)39-25-12-17-33-16-4-5-22-38(33)39/h1-31H. The molecule has 226 valence electrons. The van der Waals surface area contributed by atoms with Gasteiger partial charge in [0.2, 0.25) is 0 Å². The summed E-state index contributed by atoms with van der Waals surface area (Å²) in [5.74, 6) is 0. The molecule has 0 spiro atoms. The molecule has 0 radical (unpaired) electrons. The Bertz CT molecular complexity index is 2570. The zero-order chi connectivity index (χ0) is 31.9. The first-order valence-electron chi connectivity index (χ1n) is 16.4. The molecule has 0 aliphatic rings. The monoisotopic (exact) mass is 613 g/mol. The van der Waals surface area contributed by atoms with Crippen LogP contribution in [0.1, 0.15) is 0 Å². The van der Waals surface area contributed by atoms with E-state index < -0.39 is 0 Å². The third-order valence-electron chi connectivity index (χ3n) is 9.26. The maximum absolute atomic E-state index is 6.64. The van der Waals surface area contributed by atoms with Crippen LogP contribution in [0.25, 0.3) is 66.1 Å². The Labute approximate surface area is 279 Å². The minimum Gasteiger partial charge on any atom is -0.454 e. The maximum Gasteiger partial charge on any atom is 0.159 e. The average molecular weight is 614 g/mol. The van der Waals surface area contributed by atoms with Crippen LogP contribution in [0.4, 0.5) is 17.1 Å². The summed E-state index contributed by atoms with van der Waals surface area (Å²) in [5, 5.41) is 4.71. The van der Waals surface area contributed by atoms with Gasteiger partial charge in [0.1, 0.15) is 5.58 Å². The molecule has 0 amide bonds. The molecular weight excluding hydrogens is 583 g/mol. The van der Waals surface area contributed by atoms with Gasteiger partial charge >= 0.3 is 0 Å². The number of rotatable bonds is 6. The second-order valence-electron chi connectivity index (χ2n) is 12.1. The molecule has 1 aromatic heterocycles. The first-order chi connectivity index (χ1) is 23.8. The van der Waals surface area contributed by atoms with Gasteiger partial charge in [0, 0.05) is 22.0 Å². The van der Waals surface area contributed by atoms with Crippen molar-refractivity contribution in [2.24, 2.45) is 0 Å². The fraction of sp³-hybridized carbons (Fsp3) is 0. The number of hydrogen-bond acceptors (Lipinski definition) is 2. The van der Waals surface area contributed by atoms with Gasteiger partial charge in [-0.25, -0.2) is 0 Å². The zero-order valence-electron chi connectivity index (χ0n) is 26.3. The SMILES string of the molecule is c1ccc(-c2cccc(N(c3ccccc3-c3cccc(-c4cccc5ccccc45)c3)c3cccc4c3oc3ccccc34)c2)cc1. The molecule has 2 nitrogen and oxygen atoms in total. The molecule has 2 heteroatoms. The lowest BCUT2D eigenvalue weighted by molar-refractivity contribution is 0.669. The molecule has 0 unspecified atom stereocenters. The topological polar surface area (TPSA) is 16.4 Å². The fourth-order valence-electron chi connectivity index (χ4n) is 7.02. The predicted octanol–water partition coefficient (Wildman–Crippen LogP) is 13.2. The van der Waals surface area contributed by atoms with Crippen molar-refractivity contribution in [1.29, 1.82) is 0 Å². The van der Waals surface area contributed by atoms with E-state index >= 15 is 0 Å². The number of furan rings is 1. The Hall–Kier alpha value is -6.38. The quantitative estimate of drug-likeness (QED) is 0.185. The summed E-state index contributed by atoms with van der Waals surface area (Å²) in [7, 11) is 0. The Kier molecular flexibility index (Phi) is 6.84. The smallest absolute Gasteiger partial charge is 0.159 e. The highest BCUT2D eigenvalue weighted by atomic mass is 16.3. The average Bonchev–Trinajstić information content (AvgIpc) is 3.55. The second-order valence-corrected chi connectivity index (χ2v) is 12.1. The van der Waals surface area contributed by atoms with Crippen LogP contribution in [0.15, 0.2) is 192 Å². The molecule has 0 fully saturated rings. The number of fused-ring (bicyclic) bond motifs is 4. The summed E-state index contributed by atoms with van der Waals surface area (Å²) < 4.78 is 6.64. The van der Waals surface area contributed by atoms with Crippen LogP contribution >= 0.6 is 0 Å². The van der Waals surface area contributed by atoms with E-state index in [1.54, 1.807) is 0 Å². The lowest BCUT2D eigenvalue weighted by Gasteiger charge is -2.28. The number of anilines is 3. The Balaban J connectivity index is 1.27. The second kappa shape index (κ2) is 11.8. The Morgan fingerprint density at radius 3 is 1.85 bits per heavy atom. The summed E-state index contributed by atoms with van der Waals surface area (Å²) in [6.45, 7) is 0. The van der Waals surface area contributed by atoms with Crippen LogP contribution in [0.5, 0.6) is 0 Å². The first kappa shape index (κ1) is 27.9. The van der Waals surface area contributed by atoms with E-state index in [0.29, 0.717) is 0 Å². The number of benzene rings is 8. The van der Waals surface area contributed by atoms with Crippen molar-refractivity contribution < 1.29 is 4.42 Å². The van der Waals surface area contributed by atoms with Crippen molar-refractivity contribution in [2.75, 3.05) is 4.90 Å². The normalized spacial score (nSPS) is 11.3. The van der Waals surface area contributed by atoms with Crippen molar-refractivity contribution in [3.05, 3.63) is 188 Å². The fourth-order valence-corrected chi connectivity index (χ4v) is 7.02. The molecule has 0 aliphatic heterocycles. The van der Waals surface area contributed by atoms with Crippen molar-refractivity contribution >= 4 is 49.8 Å². The number of hydrogen-bond donors (Lipinski definition) is 0. The highest BCUT2D eigenvalue weighted by molar-refractivity contribution is 6.11. The molecule has 1 heterocycles. The number of nitrogens with zero attached hydrogens (tertiary/aromatic N) is 1. The van der Waals surface area contributed by atoms with Gasteiger partial charge in [0.25, 0.3) is 0 Å². The van der Waals surface area contributed by atoms with Gasteiger partial charge in [-0.15, -0.1) is 0 Å². The third-order valence-corrected chi connectivity index (χ3v) is 9.26. The van der Waals surface area contributed by atoms with Crippen molar-refractivity contribution in [2.45, 2.75) is 0 Å². The highest BCUT2D eigenvalue weighted by Gasteiger charge is 2.22. The predicted molar refractivity (Wildman–Crippen MR) is 202 cm³/mol. The first-order valence-corrected chi connectivity index (χ1v) is 16.4. The lowest BCUT2D eigenvalue weighted by atomic mass is 9.94. The Morgan fingerprint density at radius 2 is 0.938 bits per heavy atom. The van der Waals surface area contributed by atoms with E-state index in [1.165, 1.54) is 27.5 Å². The van der Waals surface area contributed by atoms with Gasteiger partial charge in [-0.2, -0.15) is 0 Å². The van der Waals surface area contributed by atoms with Crippen LogP contribution in [0.2, 0.25) is 0 Å². The molecule has 9 aromatic rings. The largest absolute Gasteiger partial charge is 0.454 e. The molecule has 0 bridgehead atoms. The van der Waals surface area contributed by atoms with Crippen molar-refractivity contribution in [3.8, 4) is 33.4 Å². The van der Waals surface area contributed by atoms with Gasteiger partial charge in [0.15, 0.2) is 5.58 Å². The van der Waals surface area contributed by atoms with E-state index in [2.05, 4.69) is 181 Å². The molecule has 48 heavy (non-hydrogen) atoms. The summed E-state index contributed by atoms with van der Waals surface area (Å²) in [6.07, 6.45) is 0. The van der Waals surface area contributed by atoms with Crippen LogP contribution in [-0.4, -0.2) is 0 Å². The van der Waals surface area contributed by atoms with Gasteiger partial charge in [-0.05, 0) is 75.0 Å². The van der Waals surface area contributed by atoms with Crippen LogP contribution in [-0.2, 0) is 0 Å². The van der Waals surface area contributed by atoms with E-state index in [9.17, 15) is 0 Å². The van der Waals surface area contributed by atoms with Crippen LogP contribution < -0.4 is 4.90 Å². The van der Waals surface area contributed by atoms with Gasteiger partial charge in [0.05, 0.1) is 11.4 Å². The zero-order valence-corrected chi connectivity index (χ0v) is 26.3. The summed E-state index contributed by atoms with van der Waals surface area (Å²) >= 11 is 0. The maximum atomic E-state index is 6.64. The third kappa shape index (κ3) is 4.83. The van der Waals surface area contributed by atoms with E-state index in [4.69, 9.17) is 4.42 Å². The van der Waals surface area contributed by atoms with Gasteiger partial charge in [-0.3, -0.25) is 0 Å². The molecule has 0 atom stereocenters. The molecule has 0 aliphatic carbocycles. The molecular formula is C46H31NO. The van der Waals surface area contributed by atoms with E-state index in [-0.39, 0.29) is 0 Å². The van der Waals surface area contributed by atoms with Gasteiger partial charge < -0.3 is 9.32 Å². The number of para-hydroxylation sites is 3. The van der Waals surface area contributed by atoms with Crippen LogP contribution in [0.3, 0.4) is 0 Å².